The van der Waals surface area contributed by atoms with Gasteiger partial charge in [-0.3, -0.25) is 0 Å². The molecule has 1 fully saturated rings. The highest BCUT2D eigenvalue weighted by Gasteiger charge is 2.31. The molecule has 1 aliphatic rings. The first-order chi connectivity index (χ1) is 8.94. The van der Waals surface area contributed by atoms with E-state index in [9.17, 15) is 13.5 Å². The van der Waals surface area contributed by atoms with Gasteiger partial charge in [0, 0.05) is 12.6 Å². The van der Waals surface area contributed by atoms with Crippen molar-refractivity contribution in [3.05, 3.63) is 29.3 Å². The second-order valence-corrected chi connectivity index (χ2v) is 7.05. The highest BCUT2D eigenvalue weighted by molar-refractivity contribution is 7.89. The fourth-order valence-electron chi connectivity index (χ4n) is 2.77. The lowest BCUT2D eigenvalue weighted by atomic mass is 10.1. The van der Waals surface area contributed by atoms with Gasteiger partial charge in [-0.15, -0.1) is 0 Å². The number of aliphatic hydroxyl groups excluding tert-OH is 1. The lowest BCUT2D eigenvalue weighted by Gasteiger charge is -2.19. The number of aliphatic hydroxyl groups is 1. The molecule has 106 valence electrons. The Hall–Kier alpha value is -0.910. The summed E-state index contributed by atoms with van der Waals surface area (Å²) in [5, 5.41) is 9.26. The maximum Gasteiger partial charge on any atom is 0.241 e. The van der Waals surface area contributed by atoms with E-state index >= 15 is 0 Å². The number of hydrogen-bond donors (Lipinski definition) is 2. The molecular formula is C14H21NO3S. The van der Waals surface area contributed by atoms with Crippen LogP contribution in [0, 0.1) is 19.8 Å². The van der Waals surface area contributed by atoms with E-state index in [1.165, 1.54) is 0 Å². The summed E-state index contributed by atoms with van der Waals surface area (Å²) < 4.78 is 27.5. The minimum Gasteiger partial charge on any atom is -0.396 e. The van der Waals surface area contributed by atoms with Gasteiger partial charge in [-0.1, -0.05) is 24.1 Å². The van der Waals surface area contributed by atoms with E-state index in [1.807, 2.05) is 13.0 Å². The molecule has 19 heavy (non-hydrogen) atoms. The van der Waals surface area contributed by atoms with Crippen LogP contribution in [0.1, 0.15) is 30.4 Å². The zero-order chi connectivity index (χ0) is 14.0. The summed E-state index contributed by atoms with van der Waals surface area (Å²) in [6.45, 7) is 3.79. The first kappa shape index (κ1) is 14.5. The smallest absolute Gasteiger partial charge is 0.241 e. The average molecular weight is 283 g/mol. The van der Waals surface area contributed by atoms with Crippen LogP contribution >= 0.6 is 0 Å². The molecule has 1 aromatic rings. The number of aryl methyl sites for hydroxylation is 2. The van der Waals surface area contributed by atoms with Gasteiger partial charge < -0.3 is 5.11 Å². The maximum atomic E-state index is 12.4. The Bertz CT molecular complexity index is 554. The Morgan fingerprint density at radius 2 is 2.05 bits per heavy atom. The van der Waals surface area contributed by atoms with Gasteiger partial charge in [0.15, 0.2) is 0 Å². The molecule has 1 aromatic carbocycles. The third kappa shape index (κ3) is 3.16. The van der Waals surface area contributed by atoms with E-state index in [4.69, 9.17) is 0 Å². The van der Waals surface area contributed by atoms with Crippen molar-refractivity contribution in [3.63, 3.8) is 0 Å². The Balaban J connectivity index is 2.23. The van der Waals surface area contributed by atoms with E-state index in [-0.39, 0.29) is 18.6 Å². The van der Waals surface area contributed by atoms with Crippen LogP contribution in [-0.4, -0.2) is 26.2 Å². The Kier molecular flexibility index (Phi) is 4.28. The van der Waals surface area contributed by atoms with Crippen LogP contribution in [0.25, 0.3) is 0 Å². The molecule has 1 aliphatic carbocycles. The highest BCUT2D eigenvalue weighted by Crippen LogP contribution is 2.27. The van der Waals surface area contributed by atoms with Gasteiger partial charge in [0.25, 0.3) is 0 Å². The standard InChI is InChI=1S/C14H21NO3S/c1-10-6-7-14(11(2)8-10)19(17,18)15-13-5-3-4-12(13)9-16/h6-8,12-13,15-16H,3-5,9H2,1-2H3. The summed E-state index contributed by atoms with van der Waals surface area (Å²) in [6.07, 6.45) is 2.65. The van der Waals surface area contributed by atoms with Crippen molar-refractivity contribution < 1.29 is 13.5 Å². The van der Waals surface area contributed by atoms with Crippen molar-refractivity contribution in [2.24, 2.45) is 5.92 Å². The Morgan fingerprint density at radius 3 is 2.68 bits per heavy atom. The molecule has 0 aromatic heterocycles. The van der Waals surface area contributed by atoms with Crippen molar-refractivity contribution in [3.8, 4) is 0 Å². The van der Waals surface area contributed by atoms with E-state index in [2.05, 4.69) is 4.72 Å². The van der Waals surface area contributed by atoms with E-state index < -0.39 is 10.0 Å². The van der Waals surface area contributed by atoms with Crippen LogP contribution in [0.2, 0.25) is 0 Å². The first-order valence-corrected chi connectivity index (χ1v) is 8.13. The van der Waals surface area contributed by atoms with Gasteiger partial charge in [-0.05, 0) is 44.2 Å². The van der Waals surface area contributed by atoms with Crippen LogP contribution < -0.4 is 4.72 Å². The fraction of sp³-hybridized carbons (Fsp3) is 0.571. The van der Waals surface area contributed by atoms with Crippen molar-refractivity contribution in [2.45, 2.75) is 44.0 Å². The molecule has 2 atom stereocenters. The van der Waals surface area contributed by atoms with E-state index in [0.29, 0.717) is 4.90 Å². The normalized spacial score (nSPS) is 23.7. The van der Waals surface area contributed by atoms with Gasteiger partial charge in [0.2, 0.25) is 10.0 Å². The number of sulfonamides is 1. The summed E-state index contributed by atoms with van der Waals surface area (Å²) in [5.74, 6) is 0.0422. The first-order valence-electron chi connectivity index (χ1n) is 6.64. The number of nitrogens with one attached hydrogen (secondary N) is 1. The predicted octanol–water partition coefficient (Wildman–Crippen LogP) is 1.74. The maximum absolute atomic E-state index is 12.4. The molecule has 4 nitrogen and oxygen atoms in total. The summed E-state index contributed by atoms with van der Waals surface area (Å²) in [6, 6.07) is 5.18. The third-order valence-electron chi connectivity index (χ3n) is 3.82. The van der Waals surface area contributed by atoms with Crippen LogP contribution in [0.15, 0.2) is 23.1 Å². The van der Waals surface area contributed by atoms with Gasteiger partial charge in [-0.2, -0.15) is 0 Å². The molecular weight excluding hydrogens is 262 g/mol. The topological polar surface area (TPSA) is 66.4 Å². The molecule has 0 saturated heterocycles. The molecule has 0 spiro atoms. The zero-order valence-electron chi connectivity index (χ0n) is 11.4. The number of rotatable bonds is 4. The van der Waals surface area contributed by atoms with Crippen LogP contribution in [-0.2, 0) is 10.0 Å². The molecule has 1 saturated carbocycles. The van der Waals surface area contributed by atoms with Gasteiger partial charge in [0.1, 0.15) is 0 Å². The minimum atomic E-state index is -3.50. The van der Waals surface area contributed by atoms with Gasteiger partial charge in [-0.25, -0.2) is 13.1 Å². The van der Waals surface area contributed by atoms with Crippen LogP contribution in [0.4, 0.5) is 0 Å². The van der Waals surface area contributed by atoms with E-state index in [0.717, 1.165) is 30.4 Å². The highest BCUT2D eigenvalue weighted by atomic mass is 32.2. The third-order valence-corrected chi connectivity index (χ3v) is 5.47. The van der Waals surface area contributed by atoms with Gasteiger partial charge in [0.05, 0.1) is 4.90 Å². The zero-order valence-corrected chi connectivity index (χ0v) is 12.2. The number of hydrogen-bond acceptors (Lipinski definition) is 3. The predicted molar refractivity (Wildman–Crippen MR) is 74.5 cm³/mol. The van der Waals surface area contributed by atoms with Crippen LogP contribution in [0.5, 0.6) is 0 Å². The molecule has 0 aliphatic heterocycles. The monoisotopic (exact) mass is 283 g/mol. The second kappa shape index (κ2) is 5.61. The molecule has 2 unspecified atom stereocenters. The Labute approximate surface area is 114 Å². The SMILES string of the molecule is Cc1ccc(S(=O)(=O)NC2CCCC2CO)c(C)c1. The molecule has 5 heteroatoms. The van der Waals surface area contributed by atoms with Crippen molar-refractivity contribution >= 4 is 10.0 Å². The largest absolute Gasteiger partial charge is 0.396 e. The molecule has 0 amide bonds. The molecule has 0 radical (unpaired) electrons. The van der Waals surface area contributed by atoms with Crippen molar-refractivity contribution in [1.29, 1.82) is 0 Å². The minimum absolute atomic E-state index is 0.0417. The fourth-order valence-corrected chi connectivity index (χ4v) is 4.34. The van der Waals surface area contributed by atoms with Crippen molar-refractivity contribution in [2.75, 3.05) is 6.61 Å². The summed E-state index contributed by atoms with van der Waals surface area (Å²) >= 11 is 0. The lowest BCUT2D eigenvalue weighted by molar-refractivity contribution is 0.213. The quantitative estimate of drug-likeness (QED) is 0.884. The van der Waals surface area contributed by atoms with Gasteiger partial charge >= 0.3 is 0 Å². The number of benzene rings is 1. The van der Waals surface area contributed by atoms with Crippen LogP contribution in [0.3, 0.4) is 0 Å². The molecule has 0 heterocycles. The van der Waals surface area contributed by atoms with Crippen molar-refractivity contribution in [1.82, 2.24) is 4.72 Å². The summed E-state index contributed by atoms with van der Waals surface area (Å²) in [4.78, 5) is 0.335. The molecule has 2 N–H and O–H groups in total. The second-order valence-electron chi connectivity index (χ2n) is 5.37. The Morgan fingerprint density at radius 1 is 1.32 bits per heavy atom. The average Bonchev–Trinajstić information content (AvgIpc) is 2.74. The summed E-state index contributed by atoms with van der Waals surface area (Å²) in [5.41, 5.74) is 1.80. The molecule has 0 bridgehead atoms. The lowest BCUT2D eigenvalue weighted by Crippen LogP contribution is -2.38. The van der Waals surface area contributed by atoms with E-state index in [1.54, 1.807) is 19.1 Å². The molecule has 2 rings (SSSR count). The summed E-state index contributed by atoms with van der Waals surface area (Å²) in [7, 11) is -3.50.